The van der Waals surface area contributed by atoms with Gasteiger partial charge in [0.05, 0.1) is 12.6 Å². The maximum atomic E-state index is 13.5. The monoisotopic (exact) mass is 295 g/mol. The Balaban J connectivity index is 2.25. The summed E-state index contributed by atoms with van der Waals surface area (Å²) in [6.07, 6.45) is 0. The Labute approximate surface area is 119 Å². The molecule has 0 aromatic heterocycles. The third-order valence-electron chi connectivity index (χ3n) is 2.92. The highest BCUT2D eigenvalue weighted by atomic mass is 19.1. The number of carbonyl (C=O) groups excluding carboxylic acids is 1. The molecule has 2 aromatic rings. The molecule has 0 fully saturated rings. The van der Waals surface area contributed by atoms with Crippen molar-refractivity contribution in [3.05, 3.63) is 71.0 Å². The van der Waals surface area contributed by atoms with Crippen LogP contribution >= 0.6 is 0 Å². The Hall–Kier alpha value is -2.34. The number of aliphatic hydroxyl groups is 1. The predicted molar refractivity (Wildman–Crippen MR) is 70.1 cm³/mol. The number of hydrogen-bond acceptors (Lipinski definition) is 2. The van der Waals surface area contributed by atoms with Gasteiger partial charge < -0.3 is 10.4 Å². The lowest BCUT2D eigenvalue weighted by atomic mass is 10.1. The molecule has 1 atom stereocenters. The molecular formula is C15H12F3NO2. The van der Waals surface area contributed by atoms with Gasteiger partial charge in [-0.2, -0.15) is 0 Å². The van der Waals surface area contributed by atoms with Gasteiger partial charge in [0.25, 0.3) is 5.91 Å². The van der Waals surface area contributed by atoms with E-state index >= 15 is 0 Å². The van der Waals surface area contributed by atoms with Crippen LogP contribution in [0.4, 0.5) is 13.2 Å². The summed E-state index contributed by atoms with van der Waals surface area (Å²) in [4.78, 5) is 11.9. The van der Waals surface area contributed by atoms with E-state index in [0.717, 1.165) is 0 Å². The Morgan fingerprint density at radius 1 is 1.10 bits per heavy atom. The molecule has 2 N–H and O–H groups in total. The van der Waals surface area contributed by atoms with E-state index in [-0.39, 0.29) is 0 Å². The molecule has 0 aliphatic heterocycles. The molecule has 21 heavy (non-hydrogen) atoms. The smallest absolute Gasteiger partial charge is 0.257 e. The van der Waals surface area contributed by atoms with E-state index in [4.69, 9.17) is 0 Å². The first-order valence-corrected chi connectivity index (χ1v) is 6.14. The molecule has 0 spiro atoms. The molecule has 3 nitrogen and oxygen atoms in total. The predicted octanol–water partition coefficient (Wildman–Crippen LogP) is 2.57. The van der Waals surface area contributed by atoms with Crippen LogP contribution in [0.15, 0.2) is 42.5 Å². The van der Waals surface area contributed by atoms with E-state index in [1.165, 1.54) is 0 Å². The Bertz CT molecular complexity index is 624. The molecule has 2 aromatic carbocycles. The minimum absolute atomic E-state index is 0.425. The molecule has 0 heterocycles. The molecule has 6 heteroatoms. The number of halogens is 3. The maximum Gasteiger partial charge on any atom is 0.257 e. The summed E-state index contributed by atoms with van der Waals surface area (Å²) in [5.41, 5.74) is -0.304. The first-order chi connectivity index (χ1) is 10.0. The zero-order valence-corrected chi connectivity index (χ0v) is 10.8. The zero-order chi connectivity index (χ0) is 15.4. The van der Waals surface area contributed by atoms with Crippen LogP contribution in [-0.2, 0) is 0 Å². The van der Waals surface area contributed by atoms with Crippen molar-refractivity contribution < 1.29 is 23.1 Å². The minimum atomic E-state index is -1.30. The first-order valence-electron chi connectivity index (χ1n) is 6.14. The summed E-state index contributed by atoms with van der Waals surface area (Å²) >= 11 is 0. The molecule has 0 saturated carbocycles. The van der Waals surface area contributed by atoms with Crippen molar-refractivity contribution >= 4 is 5.91 Å². The molecule has 0 unspecified atom stereocenters. The van der Waals surface area contributed by atoms with Gasteiger partial charge in [-0.1, -0.05) is 30.3 Å². The Morgan fingerprint density at radius 2 is 1.67 bits per heavy atom. The Morgan fingerprint density at radius 3 is 2.19 bits per heavy atom. The molecule has 0 saturated heterocycles. The van der Waals surface area contributed by atoms with Gasteiger partial charge in [0, 0.05) is 12.1 Å². The first kappa shape index (κ1) is 15.1. The number of nitrogens with one attached hydrogen (secondary N) is 1. The van der Waals surface area contributed by atoms with Gasteiger partial charge in [0.1, 0.15) is 23.0 Å². The van der Waals surface area contributed by atoms with Gasteiger partial charge in [-0.15, -0.1) is 0 Å². The highest BCUT2D eigenvalue weighted by molar-refractivity contribution is 5.95. The fraction of sp³-hybridized carbons (Fsp3) is 0.133. The van der Waals surface area contributed by atoms with Gasteiger partial charge in [0.2, 0.25) is 0 Å². The van der Waals surface area contributed by atoms with E-state index < -0.39 is 41.6 Å². The largest absolute Gasteiger partial charge is 0.394 e. The van der Waals surface area contributed by atoms with E-state index in [0.29, 0.717) is 17.7 Å². The van der Waals surface area contributed by atoms with E-state index in [9.17, 15) is 23.1 Å². The van der Waals surface area contributed by atoms with Crippen molar-refractivity contribution in [2.45, 2.75) is 6.04 Å². The normalized spacial score (nSPS) is 12.0. The number of aliphatic hydroxyl groups excluding tert-OH is 1. The fourth-order valence-electron chi connectivity index (χ4n) is 1.91. The average molecular weight is 295 g/mol. The lowest BCUT2D eigenvalue weighted by molar-refractivity contribution is 0.0907. The van der Waals surface area contributed by atoms with Crippen LogP contribution in [0.5, 0.6) is 0 Å². The van der Waals surface area contributed by atoms with Crippen LogP contribution in [0.3, 0.4) is 0 Å². The standard InChI is InChI=1S/C15H12F3NO2/c16-10-6-11(17)14(12(18)7-10)15(21)19-13(8-20)9-4-2-1-3-5-9/h1-7,13,20H,8H2,(H,19,21)/t13-/m0/s1. The third-order valence-corrected chi connectivity index (χ3v) is 2.92. The number of rotatable bonds is 4. The Kier molecular flexibility index (Phi) is 4.59. The second-order valence-electron chi connectivity index (χ2n) is 4.36. The molecule has 0 radical (unpaired) electrons. The second kappa shape index (κ2) is 6.41. The van der Waals surface area contributed by atoms with Crippen LogP contribution in [-0.4, -0.2) is 17.6 Å². The lowest BCUT2D eigenvalue weighted by Gasteiger charge is -2.17. The molecule has 110 valence electrons. The summed E-state index contributed by atoms with van der Waals surface area (Å²) < 4.78 is 39.8. The van der Waals surface area contributed by atoms with E-state index in [1.54, 1.807) is 30.3 Å². The van der Waals surface area contributed by atoms with Crippen molar-refractivity contribution in [1.82, 2.24) is 5.32 Å². The van der Waals surface area contributed by atoms with Gasteiger partial charge in [-0.05, 0) is 5.56 Å². The van der Waals surface area contributed by atoms with Crippen molar-refractivity contribution in [3.8, 4) is 0 Å². The summed E-state index contributed by atoms with van der Waals surface area (Å²) in [5, 5.41) is 11.6. The number of hydrogen-bond donors (Lipinski definition) is 2. The third kappa shape index (κ3) is 3.41. The number of benzene rings is 2. The lowest BCUT2D eigenvalue weighted by Crippen LogP contribution is -2.32. The van der Waals surface area contributed by atoms with Crippen LogP contribution in [0.25, 0.3) is 0 Å². The second-order valence-corrected chi connectivity index (χ2v) is 4.36. The molecule has 2 rings (SSSR count). The summed E-state index contributed by atoms with van der Waals surface area (Å²) in [6, 6.07) is 8.48. The maximum absolute atomic E-state index is 13.5. The van der Waals surface area contributed by atoms with E-state index in [2.05, 4.69) is 5.32 Å². The van der Waals surface area contributed by atoms with Crippen molar-refractivity contribution in [3.63, 3.8) is 0 Å². The van der Waals surface area contributed by atoms with Gasteiger partial charge in [-0.3, -0.25) is 4.79 Å². The van der Waals surface area contributed by atoms with Crippen LogP contribution in [0.1, 0.15) is 22.0 Å². The van der Waals surface area contributed by atoms with Gasteiger partial charge in [-0.25, -0.2) is 13.2 Å². The van der Waals surface area contributed by atoms with Crippen molar-refractivity contribution in [1.29, 1.82) is 0 Å². The number of carbonyl (C=O) groups is 1. The topological polar surface area (TPSA) is 49.3 Å². The van der Waals surface area contributed by atoms with Gasteiger partial charge >= 0.3 is 0 Å². The fourth-order valence-corrected chi connectivity index (χ4v) is 1.91. The van der Waals surface area contributed by atoms with Crippen molar-refractivity contribution in [2.75, 3.05) is 6.61 Å². The van der Waals surface area contributed by atoms with E-state index in [1.807, 2.05) is 0 Å². The molecular weight excluding hydrogens is 283 g/mol. The summed E-state index contributed by atoms with van der Waals surface area (Å²) in [7, 11) is 0. The molecule has 0 aliphatic carbocycles. The highest BCUT2D eigenvalue weighted by Crippen LogP contribution is 2.17. The van der Waals surface area contributed by atoms with Crippen molar-refractivity contribution in [2.24, 2.45) is 0 Å². The molecule has 0 bridgehead atoms. The molecule has 1 amide bonds. The van der Waals surface area contributed by atoms with Crippen LogP contribution in [0, 0.1) is 17.5 Å². The minimum Gasteiger partial charge on any atom is -0.394 e. The average Bonchev–Trinajstić information content (AvgIpc) is 2.44. The SMILES string of the molecule is O=C(N[C@@H](CO)c1ccccc1)c1c(F)cc(F)cc1F. The molecule has 0 aliphatic rings. The highest BCUT2D eigenvalue weighted by Gasteiger charge is 2.22. The van der Waals surface area contributed by atoms with Crippen LogP contribution in [0.2, 0.25) is 0 Å². The summed E-state index contributed by atoms with van der Waals surface area (Å²) in [5.74, 6) is -4.76. The summed E-state index contributed by atoms with van der Waals surface area (Å²) in [6.45, 7) is -0.444. The van der Waals surface area contributed by atoms with Gasteiger partial charge in [0.15, 0.2) is 0 Å². The number of amides is 1. The quantitative estimate of drug-likeness (QED) is 0.911. The van der Waals surface area contributed by atoms with Crippen LogP contribution < -0.4 is 5.32 Å². The zero-order valence-electron chi connectivity index (χ0n) is 10.8.